The van der Waals surface area contributed by atoms with Gasteiger partial charge in [-0.05, 0) is 74.8 Å². The van der Waals surface area contributed by atoms with Gasteiger partial charge in [0.25, 0.3) is 0 Å². The van der Waals surface area contributed by atoms with Gasteiger partial charge in [0, 0.05) is 6.54 Å². The monoisotopic (exact) mass is 445 g/mol. The Balaban J connectivity index is 1.60. The summed E-state index contributed by atoms with van der Waals surface area (Å²) in [5.74, 6) is 1.04. The minimum absolute atomic E-state index is 0.108. The molecule has 2 aromatic rings. The number of nitrogens with one attached hydrogen (secondary N) is 1. The lowest BCUT2D eigenvalue weighted by atomic mass is 9.87. The van der Waals surface area contributed by atoms with Crippen LogP contribution in [0, 0.1) is 0 Å². The molecular weight excluding hydrogens is 416 g/mol. The second kappa shape index (κ2) is 9.42. The number of ether oxygens (including phenoxy) is 2. The summed E-state index contributed by atoms with van der Waals surface area (Å²) in [6, 6.07) is 14.5. The van der Waals surface area contributed by atoms with E-state index < -0.39 is 12.2 Å². The summed E-state index contributed by atoms with van der Waals surface area (Å²) >= 11 is 0. The second-order valence-corrected chi connectivity index (χ2v) is 8.31. The summed E-state index contributed by atoms with van der Waals surface area (Å²) < 4.78 is 34.8. The predicted molar refractivity (Wildman–Crippen MR) is 117 cm³/mol. The number of benzene rings is 2. The molecule has 1 N–H and O–H groups in total. The van der Waals surface area contributed by atoms with Crippen LogP contribution in [0.4, 0.5) is 8.78 Å². The molecule has 1 amide bonds. The molecule has 4 rings (SSSR count). The summed E-state index contributed by atoms with van der Waals surface area (Å²) in [5.41, 5.74) is 1.45. The van der Waals surface area contributed by atoms with Crippen LogP contribution in [0.25, 0.3) is 0 Å². The first-order valence-corrected chi connectivity index (χ1v) is 10.9. The Kier molecular flexibility index (Phi) is 6.62. The van der Waals surface area contributed by atoms with E-state index in [1.807, 2.05) is 36.2 Å². The van der Waals surface area contributed by atoms with Crippen molar-refractivity contribution in [2.24, 2.45) is 0 Å². The Morgan fingerprint density at radius 3 is 2.28 bits per heavy atom. The van der Waals surface area contributed by atoms with Crippen molar-refractivity contribution in [3.8, 4) is 11.5 Å². The molecule has 2 heterocycles. The quantitative estimate of drug-likeness (QED) is 0.708. The van der Waals surface area contributed by atoms with Gasteiger partial charge in [0.05, 0.1) is 7.11 Å². The van der Waals surface area contributed by atoms with Gasteiger partial charge in [-0.15, -0.1) is 0 Å². The highest BCUT2D eigenvalue weighted by Crippen LogP contribution is 2.44. The van der Waals surface area contributed by atoms with Crippen molar-refractivity contribution < 1.29 is 23.0 Å². The normalized spacial score (nSPS) is 20.8. The molecule has 2 saturated heterocycles. The number of nitrogens with zero attached hydrogens (tertiary/aromatic N) is 2. The number of alkyl halides is 2. The van der Waals surface area contributed by atoms with E-state index in [9.17, 15) is 13.6 Å². The average molecular weight is 446 g/mol. The second-order valence-electron chi connectivity index (χ2n) is 8.31. The fraction of sp³-hybridized carbons (Fsp3) is 0.458. The number of halogens is 2. The van der Waals surface area contributed by atoms with Gasteiger partial charge in [-0.3, -0.25) is 9.69 Å². The van der Waals surface area contributed by atoms with Crippen LogP contribution in [-0.2, 0) is 11.2 Å². The van der Waals surface area contributed by atoms with Crippen LogP contribution < -0.4 is 14.8 Å². The van der Waals surface area contributed by atoms with E-state index in [1.165, 1.54) is 12.1 Å². The van der Waals surface area contributed by atoms with E-state index in [4.69, 9.17) is 4.74 Å². The first kappa shape index (κ1) is 22.5. The Morgan fingerprint density at radius 2 is 1.69 bits per heavy atom. The summed E-state index contributed by atoms with van der Waals surface area (Å²) in [5, 5.41) is 3.34. The summed E-state index contributed by atoms with van der Waals surface area (Å²) in [4.78, 5) is 17.8. The summed E-state index contributed by atoms with van der Waals surface area (Å²) in [6.45, 7) is -0.729. The van der Waals surface area contributed by atoms with Crippen LogP contribution in [0.15, 0.2) is 48.5 Å². The zero-order valence-electron chi connectivity index (χ0n) is 18.4. The number of carbonyl (C=O) groups excluding carboxylic acids is 1. The first-order chi connectivity index (χ1) is 15.4. The highest BCUT2D eigenvalue weighted by atomic mass is 19.3. The molecule has 1 spiro atoms. The zero-order chi connectivity index (χ0) is 22.7. The third kappa shape index (κ3) is 4.29. The largest absolute Gasteiger partial charge is 0.497 e. The molecule has 8 heteroatoms. The molecule has 1 atom stereocenters. The number of carbonyl (C=O) groups is 1. The van der Waals surface area contributed by atoms with Crippen LogP contribution in [0.2, 0.25) is 0 Å². The van der Waals surface area contributed by atoms with Crippen molar-refractivity contribution in [3.63, 3.8) is 0 Å². The molecule has 32 heavy (non-hydrogen) atoms. The highest BCUT2D eigenvalue weighted by Gasteiger charge is 2.55. The highest BCUT2D eigenvalue weighted by molar-refractivity contribution is 5.89. The third-order valence-corrected chi connectivity index (χ3v) is 6.63. The topological polar surface area (TPSA) is 54.0 Å². The molecule has 0 saturated carbocycles. The van der Waals surface area contributed by atoms with E-state index in [1.54, 1.807) is 19.2 Å². The Bertz CT molecular complexity index is 915. The van der Waals surface area contributed by atoms with Gasteiger partial charge in [0.2, 0.25) is 5.91 Å². The minimum Gasteiger partial charge on any atom is -0.497 e. The molecule has 0 aliphatic carbocycles. The van der Waals surface area contributed by atoms with Gasteiger partial charge in [-0.25, -0.2) is 0 Å². The van der Waals surface area contributed by atoms with Gasteiger partial charge in [0.1, 0.15) is 23.2 Å². The number of likely N-dealkylation sites (N-methyl/N-ethyl adjacent to an activating group) is 1. The lowest BCUT2D eigenvalue weighted by molar-refractivity contribution is -0.135. The first-order valence-electron chi connectivity index (χ1n) is 10.9. The molecule has 2 aromatic carbocycles. The number of amides is 1. The van der Waals surface area contributed by atoms with E-state index in [-0.39, 0.29) is 17.8 Å². The molecule has 0 aromatic heterocycles. The molecule has 2 fully saturated rings. The number of hydrogen-bond donors (Lipinski definition) is 1. The maximum absolute atomic E-state index is 13.7. The lowest BCUT2D eigenvalue weighted by Crippen LogP contribution is -2.54. The molecular formula is C24H29F2N3O3. The molecule has 6 nitrogen and oxygen atoms in total. The van der Waals surface area contributed by atoms with Gasteiger partial charge in [-0.2, -0.15) is 8.78 Å². The third-order valence-electron chi connectivity index (χ3n) is 6.63. The van der Waals surface area contributed by atoms with Crippen LogP contribution in [0.3, 0.4) is 0 Å². The van der Waals surface area contributed by atoms with Gasteiger partial charge >= 0.3 is 6.61 Å². The number of hydrogen-bond acceptors (Lipinski definition) is 5. The van der Waals surface area contributed by atoms with Crippen molar-refractivity contribution in [1.82, 2.24) is 15.1 Å². The van der Waals surface area contributed by atoms with Crippen molar-refractivity contribution in [3.05, 3.63) is 59.7 Å². The van der Waals surface area contributed by atoms with E-state index >= 15 is 0 Å². The molecule has 1 unspecified atom stereocenters. The van der Waals surface area contributed by atoms with Crippen molar-refractivity contribution in [2.45, 2.75) is 37.6 Å². The molecule has 2 aliphatic heterocycles. The fourth-order valence-electron chi connectivity index (χ4n) is 4.87. The van der Waals surface area contributed by atoms with E-state index in [0.29, 0.717) is 13.0 Å². The van der Waals surface area contributed by atoms with Crippen molar-refractivity contribution in [1.29, 1.82) is 0 Å². The fourth-order valence-corrected chi connectivity index (χ4v) is 4.87. The minimum atomic E-state index is -2.87. The smallest absolute Gasteiger partial charge is 0.387 e. The molecule has 0 bridgehead atoms. The standard InChI is InChI=1S/C24H29F2N3O3/c1-28-21(18-5-9-20(10-6-18)32-23(25)26)29(22(30)24(28)12-14-27-15-13-24)16-11-17-3-7-19(31-2)8-4-17/h3-10,21,23,27H,11-16H2,1-2H3. The van der Waals surface area contributed by atoms with E-state index in [2.05, 4.69) is 15.0 Å². The van der Waals surface area contributed by atoms with Crippen molar-refractivity contribution in [2.75, 3.05) is 33.8 Å². The van der Waals surface area contributed by atoms with Crippen LogP contribution in [-0.4, -0.2) is 61.6 Å². The summed E-state index contributed by atoms with van der Waals surface area (Å²) in [6.07, 6.45) is 1.93. The Labute approximate surface area is 187 Å². The van der Waals surface area contributed by atoms with Crippen LogP contribution in [0.1, 0.15) is 30.1 Å². The SMILES string of the molecule is COc1ccc(CCN2C(=O)C3(CCNCC3)N(C)C2c2ccc(OC(F)F)cc2)cc1. The maximum Gasteiger partial charge on any atom is 0.387 e. The predicted octanol–water partition coefficient (Wildman–Crippen LogP) is 3.43. The zero-order valence-corrected chi connectivity index (χ0v) is 18.4. The molecule has 2 aliphatic rings. The molecule has 0 radical (unpaired) electrons. The summed E-state index contributed by atoms with van der Waals surface area (Å²) in [7, 11) is 3.62. The Hall–Kier alpha value is -2.71. The number of methoxy groups -OCH3 is 1. The lowest BCUT2D eigenvalue weighted by Gasteiger charge is -2.38. The van der Waals surface area contributed by atoms with Gasteiger partial charge in [0.15, 0.2) is 0 Å². The van der Waals surface area contributed by atoms with Gasteiger partial charge < -0.3 is 19.7 Å². The van der Waals surface area contributed by atoms with Crippen LogP contribution in [0.5, 0.6) is 11.5 Å². The Morgan fingerprint density at radius 1 is 1.06 bits per heavy atom. The molecule has 172 valence electrons. The van der Waals surface area contributed by atoms with Gasteiger partial charge in [-0.1, -0.05) is 24.3 Å². The average Bonchev–Trinajstić information content (AvgIpc) is 3.00. The number of piperidine rings is 1. The van der Waals surface area contributed by atoms with Crippen molar-refractivity contribution >= 4 is 5.91 Å². The van der Waals surface area contributed by atoms with E-state index in [0.717, 1.165) is 42.8 Å². The van der Waals surface area contributed by atoms with Crippen LogP contribution >= 0.6 is 0 Å². The maximum atomic E-state index is 13.7. The number of rotatable bonds is 7.